The monoisotopic (exact) mass is 246 g/mol. The van der Waals surface area contributed by atoms with Crippen molar-refractivity contribution in [3.05, 3.63) is 42.1 Å². The first-order valence-electron chi connectivity index (χ1n) is 5.21. The van der Waals surface area contributed by atoms with Crippen LogP contribution in [-0.2, 0) is 0 Å². The van der Waals surface area contributed by atoms with Gasteiger partial charge in [-0.15, -0.1) is 0 Å². The minimum atomic E-state index is -0.982. The Hall–Kier alpha value is -2.50. The number of fused-ring (bicyclic) bond motifs is 1. The molecular weight excluding hydrogens is 238 g/mol. The number of nitrogens with zero attached hydrogens (tertiary/aromatic N) is 2. The van der Waals surface area contributed by atoms with E-state index in [1.165, 1.54) is 6.07 Å². The molecule has 0 bridgehead atoms. The van der Waals surface area contributed by atoms with E-state index >= 15 is 0 Å². The quantitative estimate of drug-likeness (QED) is 0.693. The van der Waals surface area contributed by atoms with Crippen molar-refractivity contribution in [2.75, 3.05) is 5.73 Å². The molecule has 2 heterocycles. The summed E-state index contributed by atoms with van der Waals surface area (Å²) < 4.78 is 26.6. The van der Waals surface area contributed by atoms with Crippen molar-refractivity contribution in [2.24, 2.45) is 0 Å². The minimum absolute atomic E-state index is 0.0601. The van der Waals surface area contributed by atoms with Gasteiger partial charge in [0.2, 0.25) is 0 Å². The average molecular weight is 246 g/mol. The lowest BCUT2D eigenvalue weighted by Gasteiger charge is -1.98. The zero-order valence-corrected chi connectivity index (χ0v) is 9.11. The maximum absolute atomic E-state index is 13.5. The summed E-state index contributed by atoms with van der Waals surface area (Å²) >= 11 is 0. The van der Waals surface area contributed by atoms with E-state index in [0.717, 1.165) is 6.07 Å². The van der Waals surface area contributed by atoms with Gasteiger partial charge in [-0.3, -0.25) is 4.98 Å². The van der Waals surface area contributed by atoms with Gasteiger partial charge in [-0.05, 0) is 24.3 Å². The molecule has 0 fully saturated rings. The predicted octanol–water partition coefficient (Wildman–Crippen LogP) is 2.49. The Morgan fingerprint density at radius 3 is 2.78 bits per heavy atom. The highest BCUT2D eigenvalue weighted by molar-refractivity contribution is 5.81. The summed E-state index contributed by atoms with van der Waals surface area (Å²) in [6, 6.07) is 5.80. The Balaban J connectivity index is 2.26. The standard InChI is InChI=1S/C12H8F2N4/c13-6-3-4-8-11(9(6)14)18-12(17-8)10-7(15)2-1-5-16-10/h1-5H,15H2,(H,17,18). The Morgan fingerprint density at radius 2 is 2.00 bits per heavy atom. The molecule has 0 aliphatic rings. The summed E-state index contributed by atoms with van der Waals surface area (Å²) in [6.45, 7) is 0. The molecule has 0 unspecified atom stereocenters. The fourth-order valence-corrected chi connectivity index (χ4v) is 1.75. The van der Waals surface area contributed by atoms with Gasteiger partial charge in [0.25, 0.3) is 0 Å². The first-order valence-corrected chi connectivity index (χ1v) is 5.21. The van der Waals surface area contributed by atoms with Gasteiger partial charge in [-0.25, -0.2) is 13.8 Å². The smallest absolute Gasteiger partial charge is 0.186 e. The van der Waals surface area contributed by atoms with Crippen molar-refractivity contribution >= 4 is 16.7 Å². The van der Waals surface area contributed by atoms with Crippen LogP contribution in [0.5, 0.6) is 0 Å². The summed E-state index contributed by atoms with van der Waals surface area (Å²) in [4.78, 5) is 10.9. The molecule has 0 aliphatic heterocycles. The summed E-state index contributed by atoms with van der Waals surface area (Å²) in [5, 5.41) is 0. The SMILES string of the molecule is Nc1cccnc1-c1nc2c(F)c(F)ccc2[nH]1. The lowest BCUT2D eigenvalue weighted by molar-refractivity contribution is 0.515. The molecule has 3 aromatic rings. The van der Waals surface area contributed by atoms with Crippen LogP contribution < -0.4 is 5.73 Å². The van der Waals surface area contributed by atoms with E-state index in [4.69, 9.17) is 5.73 Å². The second-order valence-corrected chi connectivity index (χ2v) is 3.78. The predicted molar refractivity (Wildman–Crippen MR) is 63.7 cm³/mol. The van der Waals surface area contributed by atoms with E-state index in [9.17, 15) is 8.78 Å². The van der Waals surface area contributed by atoms with Crippen molar-refractivity contribution < 1.29 is 8.78 Å². The highest BCUT2D eigenvalue weighted by atomic mass is 19.2. The molecule has 4 nitrogen and oxygen atoms in total. The van der Waals surface area contributed by atoms with Crippen molar-refractivity contribution in [3.63, 3.8) is 0 Å². The van der Waals surface area contributed by atoms with Crippen LogP contribution in [0, 0.1) is 11.6 Å². The van der Waals surface area contributed by atoms with Crippen LogP contribution in [0.25, 0.3) is 22.6 Å². The van der Waals surface area contributed by atoms with E-state index in [0.29, 0.717) is 22.7 Å². The number of pyridine rings is 1. The molecule has 0 saturated heterocycles. The Bertz CT molecular complexity index is 736. The second-order valence-electron chi connectivity index (χ2n) is 3.78. The number of aromatic amines is 1. The fourth-order valence-electron chi connectivity index (χ4n) is 1.75. The van der Waals surface area contributed by atoms with E-state index in [2.05, 4.69) is 15.0 Å². The molecule has 0 radical (unpaired) electrons. The van der Waals surface area contributed by atoms with E-state index in [-0.39, 0.29) is 5.52 Å². The molecule has 0 amide bonds. The molecule has 1 aromatic carbocycles. The minimum Gasteiger partial charge on any atom is -0.397 e. The molecule has 3 N–H and O–H groups in total. The van der Waals surface area contributed by atoms with Crippen molar-refractivity contribution in [1.29, 1.82) is 0 Å². The van der Waals surface area contributed by atoms with Gasteiger partial charge in [-0.1, -0.05) is 0 Å². The molecule has 18 heavy (non-hydrogen) atoms. The van der Waals surface area contributed by atoms with Gasteiger partial charge in [0.15, 0.2) is 17.5 Å². The zero-order valence-electron chi connectivity index (χ0n) is 9.11. The maximum Gasteiger partial charge on any atom is 0.186 e. The van der Waals surface area contributed by atoms with Gasteiger partial charge in [0.05, 0.1) is 11.2 Å². The molecule has 90 valence electrons. The van der Waals surface area contributed by atoms with Crippen molar-refractivity contribution in [2.45, 2.75) is 0 Å². The number of aromatic nitrogens is 3. The van der Waals surface area contributed by atoms with E-state index in [1.807, 2.05) is 0 Å². The highest BCUT2D eigenvalue weighted by Gasteiger charge is 2.14. The number of nitrogen functional groups attached to an aromatic ring is 1. The first kappa shape index (κ1) is 10.6. The number of hydrogen-bond donors (Lipinski definition) is 2. The molecule has 0 atom stereocenters. The molecule has 0 aliphatic carbocycles. The molecular formula is C12H8F2N4. The molecule has 2 aromatic heterocycles. The van der Waals surface area contributed by atoms with Crippen LogP contribution in [0.1, 0.15) is 0 Å². The average Bonchev–Trinajstić information content (AvgIpc) is 2.79. The van der Waals surface area contributed by atoms with Gasteiger partial charge in [0.1, 0.15) is 11.2 Å². The van der Waals surface area contributed by atoms with Gasteiger partial charge in [-0.2, -0.15) is 0 Å². The summed E-state index contributed by atoms with van der Waals surface area (Å²) in [6.07, 6.45) is 1.55. The number of hydrogen-bond acceptors (Lipinski definition) is 3. The third-order valence-electron chi connectivity index (χ3n) is 2.61. The third kappa shape index (κ3) is 1.50. The first-order chi connectivity index (χ1) is 8.66. The number of imidazole rings is 1. The fraction of sp³-hybridized carbons (Fsp3) is 0. The Kier molecular flexibility index (Phi) is 2.22. The highest BCUT2D eigenvalue weighted by Crippen LogP contribution is 2.25. The van der Waals surface area contributed by atoms with Crippen LogP contribution in [0.15, 0.2) is 30.5 Å². The van der Waals surface area contributed by atoms with E-state index in [1.54, 1.807) is 18.3 Å². The number of rotatable bonds is 1. The lowest BCUT2D eigenvalue weighted by atomic mass is 10.3. The number of nitrogens with two attached hydrogens (primary N) is 1. The molecule has 6 heteroatoms. The van der Waals surface area contributed by atoms with Crippen LogP contribution >= 0.6 is 0 Å². The normalized spacial score (nSPS) is 11.0. The number of benzene rings is 1. The Morgan fingerprint density at radius 1 is 1.17 bits per heavy atom. The topological polar surface area (TPSA) is 67.6 Å². The van der Waals surface area contributed by atoms with Crippen molar-refractivity contribution in [3.8, 4) is 11.5 Å². The van der Waals surface area contributed by atoms with Crippen LogP contribution in [-0.4, -0.2) is 15.0 Å². The third-order valence-corrected chi connectivity index (χ3v) is 2.61. The maximum atomic E-state index is 13.5. The summed E-state index contributed by atoms with van der Waals surface area (Å²) in [5.74, 6) is -1.60. The largest absolute Gasteiger partial charge is 0.397 e. The molecule has 0 spiro atoms. The number of anilines is 1. The lowest BCUT2D eigenvalue weighted by Crippen LogP contribution is -1.93. The Labute approximate surface area is 100 Å². The number of H-pyrrole nitrogens is 1. The second kappa shape index (κ2) is 3.76. The van der Waals surface area contributed by atoms with Crippen LogP contribution in [0.2, 0.25) is 0 Å². The molecule has 0 saturated carbocycles. The zero-order chi connectivity index (χ0) is 12.7. The number of nitrogens with one attached hydrogen (secondary N) is 1. The van der Waals surface area contributed by atoms with Crippen LogP contribution in [0.3, 0.4) is 0 Å². The van der Waals surface area contributed by atoms with Gasteiger partial charge in [0, 0.05) is 6.20 Å². The van der Waals surface area contributed by atoms with Gasteiger partial charge < -0.3 is 10.7 Å². The summed E-state index contributed by atoms with van der Waals surface area (Å²) in [7, 11) is 0. The summed E-state index contributed by atoms with van der Waals surface area (Å²) in [5.41, 5.74) is 6.91. The van der Waals surface area contributed by atoms with Gasteiger partial charge >= 0.3 is 0 Å². The molecule has 3 rings (SSSR count). The number of halogens is 2. The van der Waals surface area contributed by atoms with Crippen molar-refractivity contribution in [1.82, 2.24) is 15.0 Å². The van der Waals surface area contributed by atoms with E-state index < -0.39 is 11.6 Å². The van der Waals surface area contributed by atoms with Crippen LogP contribution in [0.4, 0.5) is 14.5 Å².